The number of amides is 1. The van der Waals surface area contributed by atoms with Crippen molar-refractivity contribution in [3.8, 4) is 16.9 Å². The maximum atomic E-state index is 13.1. The first kappa shape index (κ1) is 20.2. The third-order valence-electron chi connectivity index (χ3n) is 6.68. The maximum absolute atomic E-state index is 13.1. The fourth-order valence-corrected chi connectivity index (χ4v) is 5.41. The Morgan fingerprint density at radius 2 is 2.03 bits per heavy atom. The number of halogens is 1. The van der Waals surface area contributed by atoms with Crippen LogP contribution in [0.3, 0.4) is 0 Å². The van der Waals surface area contributed by atoms with Crippen molar-refractivity contribution in [2.45, 2.75) is 37.7 Å². The number of benzene rings is 2. The molecule has 1 aliphatic carbocycles. The van der Waals surface area contributed by atoms with Crippen LogP contribution in [0.15, 0.2) is 55.1 Å². The van der Waals surface area contributed by atoms with Gasteiger partial charge in [-0.3, -0.25) is 4.79 Å². The average molecular weight is 459 g/mol. The summed E-state index contributed by atoms with van der Waals surface area (Å²) in [6, 6.07) is 12.2. The van der Waals surface area contributed by atoms with Gasteiger partial charge in [0.2, 0.25) is 5.91 Å². The number of nitrogens with zero attached hydrogens (tertiary/aromatic N) is 2. The van der Waals surface area contributed by atoms with Crippen LogP contribution < -0.4 is 10.1 Å². The number of nitrogens with one attached hydrogen (secondary N) is 2. The molecular weight excluding hydrogens is 436 g/mol. The number of ether oxygens (including phenoxy) is 1. The molecule has 7 heteroatoms. The standard InChI is InChI=1S/C26H23ClN4O2/c27-22-10-15(17-11-28-14-29-12-17)8-16-9-18(33-25(16)22)13-30-26(32)21-6-3-5-20-19-4-1-2-7-23(19)31-24(20)21/h1-2,4,7-8,10-12,14,18,21,31H,3,5-6,9,13H2,(H,30,32)/t18-,21+/m0/s1. The Hall–Kier alpha value is -3.38. The van der Waals surface area contributed by atoms with E-state index in [0.29, 0.717) is 23.7 Å². The van der Waals surface area contributed by atoms with Crippen molar-refractivity contribution in [1.82, 2.24) is 20.3 Å². The molecule has 2 atom stereocenters. The fourth-order valence-electron chi connectivity index (χ4n) is 5.13. The Bertz CT molecular complexity index is 1350. The van der Waals surface area contributed by atoms with Crippen LogP contribution in [-0.2, 0) is 17.6 Å². The molecule has 0 fully saturated rings. The van der Waals surface area contributed by atoms with Crippen LogP contribution in [0.4, 0.5) is 0 Å². The van der Waals surface area contributed by atoms with Crippen LogP contribution in [0.2, 0.25) is 5.02 Å². The minimum Gasteiger partial charge on any atom is -0.486 e. The Kier molecular flexibility index (Phi) is 5.03. The zero-order chi connectivity index (χ0) is 22.4. The molecule has 0 saturated carbocycles. The molecule has 6 rings (SSSR count). The lowest BCUT2D eigenvalue weighted by atomic mass is 9.86. The number of aromatic nitrogens is 3. The van der Waals surface area contributed by atoms with E-state index in [0.717, 1.165) is 47.2 Å². The van der Waals surface area contributed by atoms with Crippen LogP contribution in [0.5, 0.6) is 5.75 Å². The highest BCUT2D eigenvalue weighted by molar-refractivity contribution is 6.32. The van der Waals surface area contributed by atoms with E-state index in [1.165, 1.54) is 17.3 Å². The molecule has 2 aromatic heterocycles. The van der Waals surface area contributed by atoms with Gasteiger partial charge in [0.1, 0.15) is 18.2 Å². The largest absolute Gasteiger partial charge is 0.486 e. The summed E-state index contributed by atoms with van der Waals surface area (Å²) in [6.45, 7) is 0.444. The van der Waals surface area contributed by atoms with E-state index < -0.39 is 0 Å². The van der Waals surface area contributed by atoms with Gasteiger partial charge in [-0.1, -0.05) is 29.8 Å². The first-order valence-corrected chi connectivity index (χ1v) is 11.7. The summed E-state index contributed by atoms with van der Waals surface area (Å²) in [7, 11) is 0. The Morgan fingerprint density at radius 3 is 2.91 bits per heavy atom. The van der Waals surface area contributed by atoms with Gasteiger partial charge in [0.05, 0.1) is 17.5 Å². The Balaban J connectivity index is 1.16. The average Bonchev–Trinajstić information content (AvgIpc) is 3.44. The monoisotopic (exact) mass is 458 g/mol. The Morgan fingerprint density at radius 1 is 1.18 bits per heavy atom. The summed E-state index contributed by atoms with van der Waals surface area (Å²) in [5.74, 6) is 0.598. The molecule has 6 nitrogen and oxygen atoms in total. The summed E-state index contributed by atoms with van der Waals surface area (Å²) in [5, 5.41) is 4.93. The van der Waals surface area contributed by atoms with Crippen LogP contribution >= 0.6 is 11.6 Å². The van der Waals surface area contributed by atoms with Gasteiger partial charge in [-0.05, 0) is 48.6 Å². The smallest absolute Gasteiger partial charge is 0.229 e. The third-order valence-corrected chi connectivity index (χ3v) is 6.96. The molecule has 0 bridgehead atoms. The number of aromatic amines is 1. The van der Waals surface area contributed by atoms with Crippen LogP contribution in [0.1, 0.15) is 35.6 Å². The highest BCUT2D eigenvalue weighted by Crippen LogP contribution is 2.40. The van der Waals surface area contributed by atoms with Crippen molar-refractivity contribution < 1.29 is 9.53 Å². The summed E-state index contributed by atoms with van der Waals surface area (Å²) in [6.07, 6.45) is 8.46. The van der Waals surface area contributed by atoms with E-state index in [1.54, 1.807) is 12.4 Å². The first-order chi connectivity index (χ1) is 16.2. The van der Waals surface area contributed by atoms with E-state index in [9.17, 15) is 4.79 Å². The first-order valence-electron chi connectivity index (χ1n) is 11.3. The fraction of sp³-hybridized carbons (Fsp3) is 0.269. The highest BCUT2D eigenvalue weighted by atomic mass is 35.5. The molecule has 33 heavy (non-hydrogen) atoms. The van der Waals surface area contributed by atoms with Crippen molar-refractivity contribution >= 4 is 28.4 Å². The predicted molar refractivity (Wildman–Crippen MR) is 128 cm³/mol. The van der Waals surface area contributed by atoms with Crippen LogP contribution in [0, 0.1) is 0 Å². The lowest BCUT2D eigenvalue weighted by molar-refractivity contribution is -0.123. The molecule has 1 aliphatic heterocycles. The van der Waals surface area contributed by atoms with E-state index in [1.807, 2.05) is 12.1 Å². The maximum Gasteiger partial charge on any atom is 0.229 e. The number of carbonyl (C=O) groups is 1. The lowest BCUT2D eigenvalue weighted by Crippen LogP contribution is -2.38. The highest BCUT2D eigenvalue weighted by Gasteiger charge is 2.31. The molecule has 2 N–H and O–H groups in total. The van der Waals surface area contributed by atoms with Crippen LogP contribution in [-0.4, -0.2) is 33.5 Å². The molecule has 0 spiro atoms. The van der Waals surface area contributed by atoms with Crippen molar-refractivity contribution in [2.75, 3.05) is 6.54 Å². The third kappa shape index (κ3) is 3.64. The van der Waals surface area contributed by atoms with Crippen LogP contribution in [0.25, 0.3) is 22.0 Å². The molecule has 1 amide bonds. The van der Waals surface area contributed by atoms with Gasteiger partial charge in [0.15, 0.2) is 0 Å². The molecule has 166 valence electrons. The SMILES string of the molecule is O=C(NC[C@@H]1Cc2cc(-c3cncnc3)cc(Cl)c2O1)[C@@H]1CCCc2c1[nH]c1ccccc21. The van der Waals surface area contributed by atoms with Gasteiger partial charge >= 0.3 is 0 Å². The number of rotatable bonds is 4. The molecule has 3 heterocycles. The van der Waals surface area contributed by atoms with Gasteiger partial charge in [-0.25, -0.2) is 9.97 Å². The number of carbonyl (C=O) groups excluding carboxylic acids is 1. The Labute approximate surface area is 196 Å². The number of aryl methyl sites for hydroxylation is 1. The predicted octanol–water partition coefficient (Wildman–Crippen LogP) is 4.82. The van der Waals surface area contributed by atoms with Gasteiger partial charge < -0.3 is 15.0 Å². The van der Waals surface area contributed by atoms with Crippen molar-refractivity contribution in [2.24, 2.45) is 0 Å². The topological polar surface area (TPSA) is 79.9 Å². The van der Waals surface area contributed by atoms with Crippen molar-refractivity contribution in [1.29, 1.82) is 0 Å². The zero-order valence-electron chi connectivity index (χ0n) is 18.0. The quantitative estimate of drug-likeness (QED) is 0.459. The van der Waals surface area contributed by atoms with Crippen molar-refractivity contribution in [3.63, 3.8) is 0 Å². The summed E-state index contributed by atoms with van der Waals surface area (Å²) < 4.78 is 6.10. The molecule has 2 aromatic carbocycles. The summed E-state index contributed by atoms with van der Waals surface area (Å²) in [4.78, 5) is 24.8. The minimum atomic E-state index is -0.154. The second-order valence-corrected chi connectivity index (χ2v) is 9.18. The van der Waals surface area contributed by atoms with Crippen molar-refractivity contribution in [3.05, 3.63) is 77.0 Å². The zero-order valence-corrected chi connectivity index (χ0v) is 18.7. The van der Waals surface area contributed by atoms with Gasteiger partial charge in [0, 0.05) is 46.5 Å². The number of fused-ring (bicyclic) bond motifs is 4. The van der Waals surface area contributed by atoms with Gasteiger partial charge in [-0.15, -0.1) is 0 Å². The lowest BCUT2D eigenvalue weighted by Gasteiger charge is -2.23. The molecule has 2 aliphatic rings. The van der Waals surface area contributed by atoms with E-state index in [2.05, 4.69) is 44.5 Å². The normalized spacial score (nSPS) is 19.1. The summed E-state index contributed by atoms with van der Waals surface area (Å²) >= 11 is 6.51. The van der Waals surface area contributed by atoms with Gasteiger partial charge in [-0.2, -0.15) is 0 Å². The molecule has 0 saturated heterocycles. The second-order valence-electron chi connectivity index (χ2n) is 8.77. The number of para-hydroxylation sites is 1. The minimum absolute atomic E-state index is 0.0512. The molecule has 0 radical (unpaired) electrons. The molecule has 0 unspecified atom stereocenters. The number of hydrogen-bond donors (Lipinski definition) is 2. The van der Waals surface area contributed by atoms with Gasteiger partial charge in [0.25, 0.3) is 0 Å². The van der Waals surface area contributed by atoms with E-state index in [-0.39, 0.29) is 17.9 Å². The van der Waals surface area contributed by atoms with E-state index in [4.69, 9.17) is 16.3 Å². The number of hydrogen-bond acceptors (Lipinski definition) is 4. The number of H-pyrrole nitrogens is 1. The summed E-state index contributed by atoms with van der Waals surface area (Å²) in [5.41, 5.74) is 6.35. The van der Waals surface area contributed by atoms with E-state index >= 15 is 0 Å². The molecular formula is C26H23ClN4O2. The molecule has 4 aromatic rings. The second kappa shape index (κ2) is 8.19.